The Kier molecular flexibility index (Phi) is 4.50. The molecule has 0 N–H and O–H groups in total. The Morgan fingerprint density at radius 3 is 2.24 bits per heavy atom. The maximum absolute atomic E-state index is 11.5. The van der Waals surface area contributed by atoms with Gasteiger partial charge in [-0.15, -0.1) is 11.8 Å². The monoisotopic (exact) mass is 366 g/mol. The number of allylic oxidation sites excluding steroid dienone is 1. The zero-order valence-electron chi connectivity index (χ0n) is 14.9. The molecule has 0 spiro atoms. The topological polar surface area (TPSA) is 91.9 Å². The summed E-state index contributed by atoms with van der Waals surface area (Å²) in [6.07, 6.45) is 0.292. The number of esters is 2. The minimum absolute atomic E-state index is 0.0464. The summed E-state index contributed by atoms with van der Waals surface area (Å²) in [4.78, 5) is 25.5. The van der Waals surface area contributed by atoms with Gasteiger partial charge < -0.3 is 19.1 Å². The summed E-state index contributed by atoms with van der Waals surface area (Å²) in [6, 6.07) is 2.12. The standard InChI is InChI=1S/C17H22N2O5S/c1-8(20)22-13-11-12(14-16(24-14)15(13)23-9(2)21)19(11)7-10(6-18)25-17(3,4)5/h7,11-16H,1-5H3/b10-7+/t11-,12+,13+,14+,15+,16+,19?/m1/s1. The molecule has 136 valence electrons. The molecule has 0 amide bonds. The summed E-state index contributed by atoms with van der Waals surface area (Å²) < 4.78 is 16.4. The SMILES string of the molecule is CC(=O)O[C@@H]1[C@H]2O[C@H]2[C@@H]2[C@H]([C@@H]1OC(C)=O)N2/C=C(\C#N)SC(C)(C)C. The number of thioether (sulfide) groups is 1. The molecule has 0 aromatic heterocycles. The molecule has 8 heteroatoms. The Morgan fingerprint density at radius 1 is 1.12 bits per heavy atom. The fraction of sp³-hybridized carbons (Fsp3) is 0.706. The molecular formula is C17H22N2O5S. The number of rotatable bonds is 4. The average Bonchev–Trinajstić information content (AvgIpc) is 3.33. The van der Waals surface area contributed by atoms with Crippen molar-refractivity contribution < 1.29 is 23.8 Å². The summed E-state index contributed by atoms with van der Waals surface area (Å²) in [5.41, 5.74) is 0. The lowest BCUT2D eigenvalue weighted by Crippen LogP contribution is -2.47. The normalized spacial score (nSPS) is 35.8. The van der Waals surface area contributed by atoms with Crippen molar-refractivity contribution in [2.24, 2.45) is 0 Å². The van der Waals surface area contributed by atoms with Gasteiger partial charge in [0, 0.05) is 24.8 Å². The van der Waals surface area contributed by atoms with Crippen LogP contribution in [0.1, 0.15) is 34.6 Å². The van der Waals surface area contributed by atoms with E-state index in [9.17, 15) is 14.9 Å². The van der Waals surface area contributed by atoms with E-state index in [0.29, 0.717) is 4.91 Å². The first-order valence-electron chi connectivity index (χ1n) is 8.20. The minimum Gasteiger partial charge on any atom is -0.456 e. The predicted octanol–water partition coefficient (Wildman–Crippen LogP) is 1.58. The molecule has 3 fully saturated rings. The highest BCUT2D eigenvalue weighted by atomic mass is 32.2. The zero-order valence-corrected chi connectivity index (χ0v) is 15.7. The molecule has 25 heavy (non-hydrogen) atoms. The number of carbonyl (C=O) groups is 2. The summed E-state index contributed by atoms with van der Waals surface area (Å²) in [5.74, 6) is -0.862. The van der Waals surface area contributed by atoms with Crippen LogP contribution in [0.2, 0.25) is 0 Å². The third-order valence-electron chi connectivity index (χ3n) is 4.23. The van der Waals surface area contributed by atoms with Crippen LogP contribution in [0.3, 0.4) is 0 Å². The van der Waals surface area contributed by atoms with Gasteiger partial charge in [-0.25, -0.2) is 0 Å². The summed E-state index contributed by atoms with van der Waals surface area (Å²) in [6.45, 7) is 8.77. The first-order chi connectivity index (χ1) is 11.6. The molecule has 7 nitrogen and oxygen atoms in total. The first kappa shape index (κ1) is 18.1. The van der Waals surface area contributed by atoms with E-state index in [-0.39, 0.29) is 29.0 Å². The minimum atomic E-state index is -0.605. The van der Waals surface area contributed by atoms with Gasteiger partial charge in [0.15, 0.2) is 12.2 Å². The van der Waals surface area contributed by atoms with Crippen LogP contribution >= 0.6 is 11.8 Å². The molecule has 2 heterocycles. The maximum atomic E-state index is 11.5. The second kappa shape index (κ2) is 6.22. The molecule has 3 rings (SSSR count). The number of hydrogen-bond acceptors (Lipinski definition) is 8. The molecule has 0 aromatic carbocycles. The Bertz CT molecular complexity index is 665. The number of nitrogens with zero attached hydrogens (tertiary/aromatic N) is 2. The van der Waals surface area contributed by atoms with Crippen LogP contribution in [0.25, 0.3) is 0 Å². The molecule has 0 bridgehead atoms. The highest BCUT2D eigenvalue weighted by Gasteiger charge is 2.73. The lowest BCUT2D eigenvalue weighted by Gasteiger charge is -2.26. The van der Waals surface area contributed by atoms with Gasteiger partial charge in [-0.3, -0.25) is 9.59 Å². The Morgan fingerprint density at radius 2 is 1.72 bits per heavy atom. The van der Waals surface area contributed by atoms with Gasteiger partial charge in [-0.2, -0.15) is 5.26 Å². The van der Waals surface area contributed by atoms with Gasteiger partial charge in [-0.05, 0) is 0 Å². The molecule has 3 aliphatic rings. The van der Waals surface area contributed by atoms with Crippen LogP contribution in [-0.4, -0.2) is 58.1 Å². The molecule has 1 aliphatic carbocycles. The molecule has 6 atom stereocenters. The van der Waals surface area contributed by atoms with Gasteiger partial charge in [0.1, 0.15) is 23.2 Å². The number of likely N-dealkylation sites (tertiary alicyclic amines) is 1. The third kappa shape index (κ3) is 3.77. The molecule has 2 aliphatic heterocycles. The van der Waals surface area contributed by atoms with Crippen LogP contribution in [0.5, 0.6) is 0 Å². The van der Waals surface area contributed by atoms with Crippen molar-refractivity contribution in [3.8, 4) is 6.07 Å². The number of nitriles is 1. The fourth-order valence-electron chi connectivity index (χ4n) is 3.44. The van der Waals surface area contributed by atoms with Crippen molar-refractivity contribution in [3.63, 3.8) is 0 Å². The maximum Gasteiger partial charge on any atom is 0.303 e. The number of hydrogen-bond donors (Lipinski definition) is 0. The Balaban J connectivity index is 1.81. The van der Waals surface area contributed by atoms with E-state index in [1.807, 2.05) is 25.7 Å². The summed E-state index contributed by atoms with van der Waals surface area (Å²) in [7, 11) is 0. The van der Waals surface area contributed by atoms with E-state index in [1.54, 1.807) is 6.20 Å². The van der Waals surface area contributed by atoms with Gasteiger partial charge in [0.05, 0.1) is 12.1 Å². The third-order valence-corrected chi connectivity index (χ3v) is 5.26. The molecule has 0 unspecified atom stereocenters. The van der Waals surface area contributed by atoms with Crippen molar-refractivity contribution >= 4 is 23.7 Å². The quantitative estimate of drug-likeness (QED) is 0.421. The average molecular weight is 366 g/mol. The van der Waals surface area contributed by atoms with Crippen LogP contribution in [0.4, 0.5) is 0 Å². The van der Waals surface area contributed by atoms with Crippen molar-refractivity contribution in [1.82, 2.24) is 4.90 Å². The van der Waals surface area contributed by atoms with Crippen LogP contribution in [-0.2, 0) is 23.8 Å². The second-order valence-electron chi connectivity index (χ2n) is 7.46. The lowest BCUT2D eigenvalue weighted by molar-refractivity contribution is -0.167. The summed E-state index contributed by atoms with van der Waals surface area (Å²) in [5, 5.41) is 9.41. The van der Waals surface area contributed by atoms with Gasteiger partial charge in [0.25, 0.3) is 0 Å². The molecule has 2 saturated heterocycles. The Labute approximate surface area is 151 Å². The lowest BCUT2D eigenvalue weighted by atomic mass is 9.94. The van der Waals surface area contributed by atoms with Gasteiger partial charge in [-0.1, -0.05) is 20.8 Å². The highest BCUT2D eigenvalue weighted by molar-refractivity contribution is 8.04. The largest absolute Gasteiger partial charge is 0.456 e. The zero-order chi connectivity index (χ0) is 18.5. The van der Waals surface area contributed by atoms with Gasteiger partial charge >= 0.3 is 11.9 Å². The van der Waals surface area contributed by atoms with Crippen molar-refractivity contribution in [2.45, 2.75) is 75.9 Å². The predicted molar refractivity (Wildman–Crippen MR) is 90.2 cm³/mol. The van der Waals surface area contributed by atoms with E-state index in [4.69, 9.17) is 14.2 Å². The van der Waals surface area contributed by atoms with E-state index < -0.39 is 24.1 Å². The number of fused-ring (bicyclic) bond motifs is 3. The fourth-order valence-corrected chi connectivity index (χ4v) is 4.32. The van der Waals surface area contributed by atoms with Crippen LogP contribution < -0.4 is 0 Å². The molecular weight excluding hydrogens is 344 g/mol. The second-order valence-corrected chi connectivity index (χ2v) is 9.33. The van der Waals surface area contributed by atoms with Crippen molar-refractivity contribution in [3.05, 3.63) is 11.1 Å². The summed E-state index contributed by atoms with van der Waals surface area (Å²) >= 11 is 1.48. The molecule has 0 aromatic rings. The van der Waals surface area contributed by atoms with Crippen molar-refractivity contribution in [1.29, 1.82) is 5.26 Å². The Hall–Kier alpha value is -1.72. The smallest absolute Gasteiger partial charge is 0.303 e. The number of ether oxygens (including phenoxy) is 3. The molecule has 1 saturated carbocycles. The number of carbonyl (C=O) groups excluding carboxylic acids is 2. The van der Waals surface area contributed by atoms with E-state index in [2.05, 4.69) is 6.07 Å². The number of epoxide rings is 1. The van der Waals surface area contributed by atoms with Crippen molar-refractivity contribution in [2.75, 3.05) is 0 Å². The van der Waals surface area contributed by atoms with E-state index >= 15 is 0 Å². The van der Waals surface area contributed by atoms with Crippen LogP contribution in [0.15, 0.2) is 11.1 Å². The van der Waals surface area contributed by atoms with Crippen LogP contribution in [0, 0.1) is 11.3 Å². The highest BCUT2D eigenvalue weighted by Crippen LogP contribution is 2.53. The van der Waals surface area contributed by atoms with Gasteiger partial charge in [0.2, 0.25) is 0 Å². The first-order valence-corrected chi connectivity index (χ1v) is 9.02. The van der Waals surface area contributed by atoms with E-state index in [1.165, 1.54) is 25.6 Å². The molecule has 0 radical (unpaired) electrons. The van der Waals surface area contributed by atoms with E-state index in [0.717, 1.165) is 0 Å².